The minimum atomic E-state index is -0.728. The van der Waals surface area contributed by atoms with Crippen molar-refractivity contribution in [2.24, 2.45) is 0 Å². The van der Waals surface area contributed by atoms with Crippen LogP contribution in [0.15, 0.2) is 29.1 Å². The SMILES string of the molecule is O=c1ccc2nn([C@@H]3C[C@H](O)[C@@H](CO)O3)nc2cc1. The van der Waals surface area contributed by atoms with Gasteiger partial charge in [0.1, 0.15) is 17.1 Å². The summed E-state index contributed by atoms with van der Waals surface area (Å²) in [5.41, 5.74) is 1.04. The molecular formula is C12H13N3O4. The third-order valence-electron chi connectivity index (χ3n) is 3.14. The average Bonchev–Trinajstić information content (AvgIpc) is 2.93. The van der Waals surface area contributed by atoms with Crippen LogP contribution in [0.4, 0.5) is 0 Å². The van der Waals surface area contributed by atoms with Crippen LogP contribution in [0.2, 0.25) is 0 Å². The molecule has 3 atom stereocenters. The van der Waals surface area contributed by atoms with Gasteiger partial charge in [-0.3, -0.25) is 4.79 Å². The molecule has 0 unspecified atom stereocenters. The fourth-order valence-corrected chi connectivity index (χ4v) is 2.11. The first-order chi connectivity index (χ1) is 9.17. The van der Waals surface area contributed by atoms with Gasteiger partial charge in [0.25, 0.3) is 0 Å². The lowest BCUT2D eigenvalue weighted by molar-refractivity contribution is -0.0529. The van der Waals surface area contributed by atoms with E-state index in [1.165, 1.54) is 16.9 Å². The van der Waals surface area contributed by atoms with Crippen molar-refractivity contribution in [1.82, 2.24) is 15.0 Å². The fourth-order valence-electron chi connectivity index (χ4n) is 2.11. The van der Waals surface area contributed by atoms with E-state index in [1.54, 1.807) is 12.1 Å². The van der Waals surface area contributed by atoms with Gasteiger partial charge in [0.15, 0.2) is 11.7 Å². The van der Waals surface area contributed by atoms with Crippen molar-refractivity contribution in [3.63, 3.8) is 0 Å². The highest BCUT2D eigenvalue weighted by atomic mass is 16.5. The second-order valence-electron chi connectivity index (χ2n) is 4.47. The molecule has 0 radical (unpaired) electrons. The van der Waals surface area contributed by atoms with Crippen LogP contribution < -0.4 is 5.43 Å². The summed E-state index contributed by atoms with van der Waals surface area (Å²) in [5.74, 6) is 0. The molecule has 0 bridgehead atoms. The van der Waals surface area contributed by atoms with Gasteiger partial charge in [0, 0.05) is 6.42 Å². The van der Waals surface area contributed by atoms with E-state index < -0.39 is 18.4 Å². The maximum atomic E-state index is 11.2. The molecule has 1 saturated heterocycles. The Labute approximate surface area is 108 Å². The standard InChI is InChI=1S/C12H13N3O4/c16-6-11-10(18)5-12(19-11)15-13-8-3-1-7(17)2-4-9(8)14-15/h1-4,10-12,16,18H,5-6H2/t10-,11+,12-/m0/s1. The fraction of sp³-hybridized carbons (Fsp3) is 0.417. The van der Waals surface area contributed by atoms with Gasteiger partial charge < -0.3 is 14.9 Å². The van der Waals surface area contributed by atoms with Crippen LogP contribution >= 0.6 is 0 Å². The number of aliphatic hydroxyl groups is 2. The Bertz CT molecular complexity index is 617. The zero-order chi connectivity index (χ0) is 13.4. The molecule has 1 fully saturated rings. The van der Waals surface area contributed by atoms with Gasteiger partial charge in [0.2, 0.25) is 0 Å². The summed E-state index contributed by atoms with van der Waals surface area (Å²) in [6.45, 7) is -0.243. The monoisotopic (exact) mass is 263 g/mol. The van der Waals surface area contributed by atoms with E-state index in [-0.39, 0.29) is 12.0 Å². The molecule has 2 heterocycles. The zero-order valence-electron chi connectivity index (χ0n) is 10.0. The number of aliphatic hydroxyl groups excluding tert-OH is 2. The quantitative estimate of drug-likeness (QED) is 0.753. The maximum absolute atomic E-state index is 11.2. The maximum Gasteiger partial charge on any atom is 0.178 e. The molecule has 1 aliphatic rings. The lowest BCUT2D eigenvalue weighted by atomic mass is 10.2. The second-order valence-corrected chi connectivity index (χ2v) is 4.47. The molecule has 0 aliphatic carbocycles. The predicted molar refractivity (Wildman–Crippen MR) is 65.4 cm³/mol. The van der Waals surface area contributed by atoms with Crippen molar-refractivity contribution in [3.05, 3.63) is 34.5 Å². The van der Waals surface area contributed by atoms with Crippen LogP contribution in [0.25, 0.3) is 11.0 Å². The summed E-state index contributed by atoms with van der Waals surface area (Å²) in [5, 5.41) is 27.2. The van der Waals surface area contributed by atoms with E-state index in [2.05, 4.69) is 10.2 Å². The lowest BCUT2D eigenvalue weighted by Gasteiger charge is -2.10. The Morgan fingerprint density at radius 3 is 2.42 bits per heavy atom. The van der Waals surface area contributed by atoms with Crippen LogP contribution in [0.3, 0.4) is 0 Å². The van der Waals surface area contributed by atoms with Crippen LogP contribution in [0.5, 0.6) is 0 Å². The van der Waals surface area contributed by atoms with E-state index >= 15 is 0 Å². The smallest absolute Gasteiger partial charge is 0.178 e. The van der Waals surface area contributed by atoms with Crippen LogP contribution in [0.1, 0.15) is 12.6 Å². The number of nitrogens with zero attached hydrogens (tertiary/aromatic N) is 3. The number of ether oxygens (including phenoxy) is 1. The molecule has 1 aliphatic heterocycles. The summed E-state index contributed by atoms with van der Waals surface area (Å²) >= 11 is 0. The Hall–Kier alpha value is -1.83. The molecule has 1 aromatic heterocycles. The Morgan fingerprint density at radius 2 is 1.89 bits per heavy atom. The highest BCUT2D eigenvalue weighted by Gasteiger charge is 2.35. The summed E-state index contributed by atoms with van der Waals surface area (Å²) in [6.07, 6.45) is -1.51. The third kappa shape index (κ3) is 2.23. The van der Waals surface area contributed by atoms with Crippen molar-refractivity contribution < 1.29 is 14.9 Å². The van der Waals surface area contributed by atoms with E-state index in [9.17, 15) is 9.90 Å². The largest absolute Gasteiger partial charge is 0.394 e. The van der Waals surface area contributed by atoms with Gasteiger partial charge in [-0.2, -0.15) is 15.0 Å². The molecule has 1 aromatic carbocycles. The van der Waals surface area contributed by atoms with Gasteiger partial charge in [-0.25, -0.2) is 0 Å². The number of hydrogen-bond acceptors (Lipinski definition) is 6. The molecule has 0 saturated carbocycles. The van der Waals surface area contributed by atoms with E-state index in [1.807, 2.05) is 0 Å². The van der Waals surface area contributed by atoms with E-state index in [0.29, 0.717) is 17.5 Å². The summed E-state index contributed by atoms with van der Waals surface area (Å²) in [4.78, 5) is 12.6. The van der Waals surface area contributed by atoms with Gasteiger partial charge in [-0.05, 0) is 24.3 Å². The first-order valence-corrected chi connectivity index (χ1v) is 5.98. The Kier molecular flexibility index (Phi) is 3.02. The van der Waals surface area contributed by atoms with Crippen molar-refractivity contribution in [2.75, 3.05) is 6.61 Å². The average molecular weight is 263 g/mol. The molecule has 7 nitrogen and oxygen atoms in total. The topological polar surface area (TPSA) is 97.5 Å². The van der Waals surface area contributed by atoms with Crippen LogP contribution in [-0.4, -0.2) is 44.0 Å². The highest BCUT2D eigenvalue weighted by molar-refractivity contribution is 5.72. The number of hydrogen-bond donors (Lipinski definition) is 2. The minimum Gasteiger partial charge on any atom is -0.394 e. The third-order valence-corrected chi connectivity index (χ3v) is 3.14. The van der Waals surface area contributed by atoms with Crippen molar-refractivity contribution in [1.29, 1.82) is 0 Å². The lowest BCUT2D eigenvalue weighted by Crippen LogP contribution is -2.24. The first kappa shape index (κ1) is 12.2. The second kappa shape index (κ2) is 4.69. The molecule has 0 spiro atoms. The van der Waals surface area contributed by atoms with Gasteiger partial charge in [0.05, 0.1) is 12.7 Å². The highest BCUT2D eigenvalue weighted by Crippen LogP contribution is 2.27. The minimum absolute atomic E-state index is 0.112. The number of fused-ring (bicyclic) bond motifs is 1. The predicted octanol–water partition coefficient (Wildman–Crippen LogP) is -0.568. The van der Waals surface area contributed by atoms with Crippen molar-refractivity contribution in [2.45, 2.75) is 24.9 Å². The van der Waals surface area contributed by atoms with Crippen LogP contribution in [0, 0.1) is 0 Å². The van der Waals surface area contributed by atoms with Crippen molar-refractivity contribution >= 4 is 11.0 Å². The number of rotatable bonds is 2. The molecular weight excluding hydrogens is 250 g/mol. The molecule has 100 valence electrons. The van der Waals surface area contributed by atoms with Gasteiger partial charge >= 0.3 is 0 Å². The molecule has 0 amide bonds. The van der Waals surface area contributed by atoms with Gasteiger partial charge in [-0.15, -0.1) is 0 Å². The van der Waals surface area contributed by atoms with Gasteiger partial charge in [-0.1, -0.05) is 0 Å². The first-order valence-electron chi connectivity index (χ1n) is 5.98. The molecule has 2 aromatic rings. The van der Waals surface area contributed by atoms with E-state index in [0.717, 1.165) is 0 Å². The van der Waals surface area contributed by atoms with Crippen molar-refractivity contribution in [3.8, 4) is 0 Å². The van der Waals surface area contributed by atoms with Crippen LogP contribution in [-0.2, 0) is 4.74 Å². The summed E-state index contributed by atoms with van der Waals surface area (Å²) in [7, 11) is 0. The molecule has 19 heavy (non-hydrogen) atoms. The zero-order valence-corrected chi connectivity index (χ0v) is 10.0. The molecule has 7 heteroatoms. The number of aromatic nitrogens is 3. The Balaban J connectivity index is 1.95. The normalized spacial score (nSPS) is 26.9. The molecule has 2 N–H and O–H groups in total. The molecule has 3 rings (SSSR count). The van der Waals surface area contributed by atoms with E-state index in [4.69, 9.17) is 9.84 Å². The summed E-state index contributed by atoms with van der Waals surface area (Å²) in [6, 6.07) is 6.02. The summed E-state index contributed by atoms with van der Waals surface area (Å²) < 4.78 is 5.46. The Morgan fingerprint density at radius 1 is 1.26 bits per heavy atom.